The van der Waals surface area contributed by atoms with Gasteiger partial charge >= 0.3 is 6.03 Å². The molecule has 2 aromatic rings. The van der Waals surface area contributed by atoms with E-state index in [0.717, 1.165) is 36.4 Å². The number of carbonyl (C=O) groups is 1. The second-order valence-corrected chi connectivity index (χ2v) is 6.63. The zero-order valence-corrected chi connectivity index (χ0v) is 14.5. The summed E-state index contributed by atoms with van der Waals surface area (Å²) in [5, 5.41) is 3.53. The fourth-order valence-corrected chi connectivity index (χ4v) is 3.58. The maximum atomic E-state index is 12.7. The number of urea groups is 1. The van der Waals surface area contributed by atoms with Crippen LogP contribution in [0.25, 0.3) is 0 Å². The van der Waals surface area contributed by atoms with E-state index in [4.69, 9.17) is 21.1 Å². The van der Waals surface area contributed by atoms with Gasteiger partial charge in [0.2, 0.25) is 0 Å². The van der Waals surface area contributed by atoms with Gasteiger partial charge in [0.05, 0.1) is 6.04 Å². The van der Waals surface area contributed by atoms with E-state index >= 15 is 0 Å². The Bertz CT molecular complexity index is 796. The molecule has 0 radical (unpaired) electrons. The number of hydrogen-bond donors (Lipinski definition) is 1. The fourth-order valence-electron chi connectivity index (χ4n) is 3.39. The normalized spacial score (nSPS) is 18.9. The molecule has 2 aliphatic heterocycles. The van der Waals surface area contributed by atoms with E-state index < -0.39 is 0 Å². The first-order valence-corrected chi connectivity index (χ1v) is 8.81. The number of benzene rings is 2. The van der Waals surface area contributed by atoms with Gasteiger partial charge in [0.1, 0.15) is 13.2 Å². The van der Waals surface area contributed by atoms with E-state index in [-0.39, 0.29) is 12.1 Å². The van der Waals surface area contributed by atoms with Gasteiger partial charge in [-0.2, -0.15) is 0 Å². The van der Waals surface area contributed by atoms with Crippen molar-refractivity contribution in [2.45, 2.75) is 18.9 Å². The van der Waals surface area contributed by atoms with E-state index in [1.54, 1.807) is 12.1 Å². The highest BCUT2D eigenvalue weighted by atomic mass is 35.5. The van der Waals surface area contributed by atoms with Crippen LogP contribution in [0.1, 0.15) is 24.4 Å². The van der Waals surface area contributed by atoms with Crippen molar-refractivity contribution in [1.29, 1.82) is 0 Å². The van der Waals surface area contributed by atoms with Crippen molar-refractivity contribution in [3.05, 3.63) is 53.1 Å². The second-order valence-electron chi connectivity index (χ2n) is 6.20. The van der Waals surface area contributed by atoms with E-state index in [1.165, 1.54) is 0 Å². The van der Waals surface area contributed by atoms with Crippen LogP contribution >= 0.6 is 11.6 Å². The van der Waals surface area contributed by atoms with Gasteiger partial charge in [0.25, 0.3) is 0 Å². The molecule has 2 aromatic carbocycles. The SMILES string of the molecule is O=C(Nc1cccc(Cl)c1)N1CCC[C@@H]1c1ccc2c(c1)OCCO2. The number of carbonyl (C=O) groups excluding carboxylic acids is 1. The van der Waals surface area contributed by atoms with Crippen LogP contribution in [0.15, 0.2) is 42.5 Å². The molecule has 1 saturated heterocycles. The second kappa shape index (κ2) is 6.84. The van der Waals surface area contributed by atoms with Crippen LogP contribution in [0.3, 0.4) is 0 Å². The molecule has 2 heterocycles. The molecule has 1 fully saturated rings. The summed E-state index contributed by atoms with van der Waals surface area (Å²) < 4.78 is 11.2. The smallest absolute Gasteiger partial charge is 0.322 e. The van der Waals surface area contributed by atoms with Crippen LogP contribution in [-0.2, 0) is 0 Å². The zero-order chi connectivity index (χ0) is 17.2. The number of ether oxygens (including phenoxy) is 2. The van der Waals surface area contributed by atoms with Crippen molar-refractivity contribution in [2.24, 2.45) is 0 Å². The molecule has 4 rings (SSSR count). The van der Waals surface area contributed by atoms with Gasteiger partial charge in [0.15, 0.2) is 11.5 Å². The number of likely N-dealkylation sites (tertiary alicyclic amines) is 1. The Morgan fingerprint density at radius 2 is 1.96 bits per heavy atom. The molecule has 25 heavy (non-hydrogen) atoms. The Labute approximate surface area is 151 Å². The third-order valence-corrected chi connectivity index (χ3v) is 4.78. The van der Waals surface area contributed by atoms with Gasteiger partial charge in [-0.05, 0) is 48.7 Å². The lowest BCUT2D eigenvalue weighted by Crippen LogP contribution is -2.34. The topological polar surface area (TPSA) is 50.8 Å². The predicted molar refractivity (Wildman–Crippen MR) is 96.6 cm³/mol. The first kappa shape index (κ1) is 16.1. The lowest BCUT2D eigenvalue weighted by molar-refractivity contribution is 0.170. The molecule has 5 nitrogen and oxygen atoms in total. The standard InChI is InChI=1S/C19H19ClN2O3/c20-14-3-1-4-15(12-14)21-19(23)22-8-2-5-16(22)13-6-7-17-18(11-13)25-10-9-24-17/h1,3-4,6-7,11-12,16H,2,5,8-10H2,(H,21,23)/t16-/m1/s1. The Balaban J connectivity index is 1.53. The van der Waals surface area contributed by atoms with Crippen molar-refractivity contribution >= 4 is 23.3 Å². The maximum absolute atomic E-state index is 12.7. The van der Waals surface area contributed by atoms with Crippen LogP contribution in [0.4, 0.5) is 10.5 Å². The molecule has 2 aliphatic rings. The summed E-state index contributed by atoms with van der Waals surface area (Å²) in [4.78, 5) is 14.6. The van der Waals surface area contributed by atoms with Crippen molar-refractivity contribution < 1.29 is 14.3 Å². The van der Waals surface area contributed by atoms with Crippen molar-refractivity contribution in [2.75, 3.05) is 25.1 Å². The summed E-state index contributed by atoms with van der Waals surface area (Å²) in [6.07, 6.45) is 1.91. The molecule has 130 valence electrons. The van der Waals surface area contributed by atoms with E-state index in [1.807, 2.05) is 35.2 Å². The van der Waals surface area contributed by atoms with Gasteiger partial charge in [-0.15, -0.1) is 0 Å². The van der Waals surface area contributed by atoms with Crippen LogP contribution in [0, 0.1) is 0 Å². The summed E-state index contributed by atoms with van der Waals surface area (Å²) in [7, 11) is 0. The predicted octanol–water partition coefficient (Wildman–Crippen LogP) is 4.48. The quantitative estimate of drug-likeness (QED) is 0.861. The third-order valence-electron chi connectivity index (χ3n) is 4.54. The number of hydrogen-bond acceptors (Lipinski definition) is 3. The molecule has 0 aromatic heterocycles. The fraction of sp³-hybridized carbons (Fsp3) is 0.316. The minimum Gasteiger partial charge on any atom is -0.486 e. The van der Waals surface area contributed by atoms with Crippen LogP contribution in [-0.4, -0.2) is 30.7 Å². The summed E-state index contributed by atoms with van der Waals surface area (Å²) in [6, 6.07) is 13.0. The average Bonchev–Trinajstić information content (AvgIpc) is 3.11. The third kappa shape index (κ3) is 3.37. The Hall–Kier alpha value is -2.40. The molecule has 0 aliphatic carbocycles. The Kier molecular flexibility index (Phi) is 4.40. The van der Waals surface area contributed by atoms with Crippen molar-refractivity contribution in [3.8, 4) is 11.5 Å². The van der Waals surface area contributed by atoms with Gasteiger partial charge in [0, 0.05) is 17.3 Å². The van der Waals surface area contributed by atoms with Gasteiger partial charge in [-0.3, -0.25) is 0 Å². The zero-order valence-electron chi connectivity index (χ0n) is 13.7. The van der Waals surface area contributed by atoms with Crippen LogP contribution < -0.4 is 14.8 Å². The minimum atomic E-state index is -0.111. The minimum absolute atomic E-state index is 0.0370. The number of halogens is 1. The molecule has 0 spiro atoms. The first-order chi connectivity index (χ1) is 12.2. The van der Waals surface area contributed by atoms with Gasteiger partial charge in [-0.1, -0.05) is 23.7 Å². The van der Waals surface area contributed by atoms with Crippen molar-refractivity contribution in [3.63, 3.8) is 0 Å². The van der Waals surface area contributed by atoms with Gasteiger partial charge in [-0.25, -0.2) is 4.79 Å². The molecule has 6 heteroatoms. The highest BCUT2D eigenvalue weighted by molar-refractivity contribution is 6.30. The molecule has 0 saturated carbocycles. The molecule has 1 atom stereocenters. The summed E-state index contributed by atoms with van der Waals surface area (Å²) >= 11 is 5.99. The van der Waals surface area contributed by atoms with Crippen molar-refractivity contribution in [1.82, 2.24) is 4.90 Å². The largest absolute Gasteiger partial charge is 0.486 e. The highest BCUT2D eigenvalue weighted by Gasteiger charge is 2.31. The Morgan fingerprint density at radius 1 is 1.12 bits per heavy atom. The summed E-state index contributed by atoms with van der Waals surface area (Å²) in [5.74, 6) is 1.52. The average molecular weight is 359 g/mol. The van der Waals surface area contributed by atoms with Crippen LogP contribution in [0.5, 0.6) is 11.5 Å². The first-order valence-electron chi connectivity index (χ1n) is 8.43. The number of fused-ring (bicyclic) bond motifs is 1. The monoisotopic (exact) mass is 358 g/mol. The maximum Gasteiger partial charge on any atom is 0.322 e. The summed E-state index contributed by atoms with van der Waals surface area (Å²) in [5.41, 5.74) is 1.77. The molecule has 1 N–H and O–H groups in total. The lowest BCUT2D eigenvalue weighted by Gasteiger charge is -2.27. The molecular weight excluding hydrogens is 340 g/mol. The Morgan fingerprint density at radius 3 is 2.80 bits per heavy atom. The van der Waals surface area contributed by atoms with Crippen LogP contribution in [0.2, 0.25) is 5.02 Å². The molecular formula is C19H19ClN2O3. The van der Waals surface area contributed by atoms with Gasteiger partial charge < -0.3 is 19.7 Å². The molecule has 0 bridgehead atoms. The highest BCUT2D eigenvalue weighted by Crippen LogP contribution is 2.38. The number of rotatable bonds is 2. The van der Waals surface area contributed by atoms with E-state index in [9.17, 15) is 4.79 Å². The number of nitrogens with one attached hydrogen (secondary N) is 1. The van der Waals surface area contributed by atoms with E-state index in [2.05, 4.69) is 5.32 Å². The number of amides is 2. The number of anilines is 1. The lowest BCUT2D eigenvalue weighted by atomic mass is 10.0. The molecule has 0 unspecified atom stereocenters. The summed E-state index contributed by atoms with van der Waals surface area (Å²) in [6.45, 7) is 1.86. The number of nitrogens with zero attached hydrogens (tertiary/aromatic N) is 1. The van der Waals surface area contributed by atoms with E-state index in [0.29, 0.717) is 23.9 Å². The molecule has 2 amide bonds.